The maximum atomic E-state index is 13.7. The minimum absolute atomic E-state index is 0.114. The van der Waals surface area contributed by atoms with Gasteiger partial charge in [-0.15, -0.1) is 0 Å². The molecule has 0 spiro atoms. The summed E-state index contributed by atoms with van der Waals surface area (Å²) in [5.74, 6) is -0.265. The number of benzene rings is 2. The standard InChI is InChI=1S/C16H14BrFN2O2/c1-21-14-8-11(5-6-13(14)18)16(9-22-15(19)20-16)10-3-2-4-12(17)7-10/h2-8H,9H2,1H3,(H2,19,20)/t16-/m1/s1. The van der Waals surface area contributed by atoms with Crippen LogP contribution in [0, 0.1) is 5.82 Å². The molecule has 0 saturated heterocycles. The lowest BCUT2D eigenvalue weighted by atomic mass is 9.84. The molecular formula is C16H14BrFN2O2. The highest BCUT2D eigenvalue weighted by atomic mass is 79.9. The van der Waals surface area contributed by atoms with Gasteiger partial charge in [0.2, 0.25) is 0 Å². The first-order valence-corrected chi connectivity index (χ1v) is 7.42. The number of ether oxygens (including phenoxy) is 2. The van der Waals surface area contributed by atoms with Crippen LogP contribution in [0.3, 0.4) is 0 Å². The van der Waals surface area contributed by atoms with Crippen molar-refractivity contribution >= 4 is 22.0 Å². The molecule has 0 unspecified atom stereocenters. The molecule has 6 heteroatoms. The van der Waals surface area contributed by atoms with Gasteiger partial charge in [0.05, 0.1) is 7.11 Å². The van der Waals surface area contributed by atoms with E-state index in [1.54, 1.807) is 12.1 Å². The number of hydrogen-bond acceptors (Lipinski definition) is 4. The van der Waals surface area contributed by atoms with Crippen LogP contribution in [0.15, 0.2) is 51.9 Å². The Morgan fingerprint density at radius 1 is 1.27 bits per heavy atom. The SMILES string of the molecule is COc1cc([C@]2(c3cccc(Br)c3)COC(N)=N2)ccc1F. The first-order chi connectivity index (χ1) is 10.5. The molecule has 1 atom stereocenters. The second-order valence-corrected chi connectivity index (χ2v) is 5.87. The Morgan fingerprint density at radius 3 is 2.68 bits per heavy atom. The topological polar surface area (TPSA) is 56.8 Å². The Morgan fingerprint density at radius 2 is 2.05 bits per heavy atom. The predicted octanol–water partition coefficient (Wildman–Crippen LogP) is 3.19. The summed E-state index contributed by atoms with van der Waals surface area (Å²) in [6.45, 7) is 0.254. The average molecular weight is 365 g/mol. The van der Waals surface area contributed by atoms with Crippen LogP contribution in [0.25, 0.3) is 0 Å². The molecule has 0 bridgehead atoms. The van der Waals surface area contributed by atoms with E-state index in [1.807, 2.05) is 24.3 Å². The van der Waals surface area contributed by atoms with Crippen molar-refractivity contribution in [3.8, 4) is 5.75 Å². The third-order valence-electron chi connectivity index (χ3n) is 3.66. The quantitative estimate of drug-likeness (QED) is 0.909. The van der Waals surface area contributed by atoms with E-state index in [-0.39, 0.29) is 18.4 Å². The number of amidine groups is 1. The fourth-order valence-corrected chi connectivity index (χ4v) is 2.96. The molecule has 2 aromatic carbocycles. The molecule has 0 saturated carbocycles. The summed E-state index contributed by atoms with van der Waals surface area (Å²) >= 11 is 3.46. The van der Waals surface area contributed by atoms with E-state index in [4.69, 9.17) is 15.2 Å². The smallest absolute Gasteiger partial charge is 0.283 e. The molecule has 0 radical (unpaired) electrons. The van der Waals surface area contributed by atoms with Gasteiger partial charge in [-0.3, -0.25) is 0 Å². The number of hydrogen-bond donors (Lipinski definition) is 1. The van der Waals surface area contributed by atoms with Crippen molar-refractivity contribution in [1.82, 2.24) is 0 Å². The largest absolute Gasteiger partial charge is 0.494 e. The lowest BCUT2D eigenvalue weighted by Gasteiger charge is -2.26. The molecule has 1 aliphatic rings. The fourth-order valence-electron chi connectivity index (χ4n) is 2.56. The van der Waals surface area contributed by atoms with Crippen molar-refractivity contribution in [3.63, 3.8) is 0 Å². The van der Waals surface area contributed by atoms with Crippen LogP contribution < -0.4 is 10.5 Å². The van der Waals surface area contributed by atoms with Crippen molar-refractivity contribution in [2.75, 3.05) is 13.7 Å². The Balaban J connectivity index is 2.20. The van der Waals surface area contributed by atoms with Crippen LogP contribution in [0.5, 0.6) is 5.75 Å². The number of aliphatic imine (C=N–C) groups is 1. The lowest BCUT2D eigenvalue weighted by molar-refractivity contribution is 0.278. The summed E-state index contributed by atoms with van der Waals surface area (Å²) < 4.78 is 25.1. The number of nitrogens with zero attached hydrogens (tertiary/aromatic N) is 1. The summed E-state index contributed by atoms with van der Waals surface area (Å²) in [5.41, 5.74) is 6.58. The lowest BCUT2D eigenvalue weighted by Crippen LogP contribution is -2.27. The maximum absolute atomic E-state index is 13.7. The molecule has 1 aliphatic heterocycles. The van der Waals surface area contributed by atoms with Crippen LogP contribution in [0.4, 0.5) is 4.39 Å². The molecule has 4 nitrogen and oxygen atoms in total. The van der Waals surface area contributed by atoms with Gasteiger partial charge in [-0.2, -0.15) is 0 Å². The molecule has 0 aromatic heterocycles. The van der Waals surface area contributed by atoms with Crippen molar-refractivity contribution in [3.05, 3.63) is 63.9 Å². The fraction of sp³-hybridized carbons (Fsp3) is 0.188. The second kappa shape index (κ2) is 5.61. The van der Waals surface area contributed by atoms with Gasteiger partial charge < -0.3 is 15.2 Å². The normalized spacial score (nSPS) is 20.4. The highest BCUT2D eigenvalue weighted by Crippen LogP contribution is 2.39. The summed E-state index contributed by atoms with van der Waals surface area (Å²) in [6, 6.07) is 12.5. The first kappa shape index (κ1) is 14.8. The zero-order chi connectivity index (χ0) is 15.7. The molecular weight excluding hydrogens is 351 g/mol. The van der Waals surface area contributed by atoms with Crippen LogP contribution >= 0.6 is 15.9 Å². The summed E-state index contributed by atoms with van der Waals surface area (Å²) in [6.07, 6.45) is 0. The van der Waals surface area contributed by atoms with Gasteiger partial charge in [0.25, 0.3) is 6.02 Å². The van der Waals surface area contributed by atoms with Crippen LogP contribution in [-0.4, -0.2) is 19.7 Å². The number of methoxy groups -OCH3 is 1. The van der Waals surface area contributed by atoms with E-state index in [0.717, 1.165) is 15.6 Å². The highest BCUT2D eigenvalue weighted by Gasteiger charge is 2.40. The van der Waals surface area contributed by atoms with Gasteiger partial charge in [0.1, 0.15) is 6.61 Å². The third-order valence-corrected chi connectivity index (χ3v) is 4.15. The maximum Gasteiger partial charge on any atom is 0.283 e. The number of nitrogens with two attached hydrogens (primary N) is 1. The van der Waals surface area contributed by atoms with E-state index < -0.39 is 11.4 Å². The van der Waals surface area contributed by atoms with Crippen LogP contribution in [0.1, 0.15) is 11.1 Å². The first-order valence-electron chi connectivity index (χ1n) is 6.63. The molecule has 1 heterocycles. The van der Waals surface area contributed by atoms with E-state index >= 15 is 0 Å². The van der Waals surface area contributed by atoms with E-state index in [9.17, 15) is 4.39 Å². The Labute approximate surface area is 135 Å². The van der Waals surface area contributed by atoms with Crippen LogP contribution in [0.2, 0.25) is 0 Å². The third kappa shape index (κ3) is 2.43. The molecule has 0 amide bonds. The molecule has 0 fully saturated rings. The highest BCUT2D eigenvalue weighted by molar-refractivity contribution is 9.10. The summed E-state index contributed by atoms with van der Waals surface area (Å²) in [5, 5.41) is 0. The van der Waals surface area contributed by atoms with E-state index in [0.29, 0.717) is 0 Å². The van der Waals surface area contributed by atoms with Crippen molar-refractivity contribution in [2.45, 2.75) is 5.54 Å². The molecule has 114 valence electrons. The summed E-state index contributed by atoms with van der Waals surface area (Å²) in [4.78, 5) is 4.48. The molecule has 22 heavy (non-hydrogen) atoms. The van der Waals surface area contributed by atoms with Crippen molar-refractivity contribution < 1.29 is 13.9 Å². The van der Waals surface area contributed by atoms with Crippen molar-refractivity contribution in [1.29, 1.82) is 0 Å². The van der Waals surface area contributed by atoms with Crippen molar-refractivity contribution in [2.24, 2.45) is 10.7 Å². The van der Waals surface area contributed by atoms with Gasteiger partial charge in [-0.05, 0) is 35.4 Å². The van der Waals surface area contributed by atoms with Crippen LogP contribution in [-0.2, 0) is 10.3 Å². The molecule has 2 aromatic rings. The molecule has 3 rings (SSSR count). The Kier molecular flexibility index (Phi) is 3.78. The molecule has 2 N–H and O–H groups in total. The predicted molar refractivity (Wildman–Crippen MR) is 85.4 cm³/mol. The monoisotopic (exact) mass is 364 g/mol. The number of halogens is 2. The minimum Gasteiger partial charge on any atom is -0.494 e. The zero-order valence-corrected chi connectivity index (χ0v) is 13.4. The second-order valence-electron chi connectivity index (χ2n) is 4.96. The summed E-state index contributed by atoms with van der Waals surface area (Å²) in [7, 11) is 1.43. The zero-order valence-electron chi connectivity index (χ0n) is 11.8. The van der Waals surface area contributed by atoms with E-state index in [1.165, 1.54) is 13.2 Å². The van der Waals surface area contributed by atoms with Gasteiger partial charge in [0, 0.05) is 4.47 Å². The molecule has 0 aliphatic carbocycles. The number of rotatable bonds is 3. The Hall–Kier alpha value is -2.08. The Bertz CT molecular complexity index is 751. The average Bonchev–Trinajstić information content (AvgIpc) is 2.91. The van der Waals surface area contributed by atoms with Gasteiger partial charge in [0.15, 0.2) is 17.1 Å². The van der Waals surface area contributed by atoms with E-state index in [2.05, 4.69) is 20.9 Å². The van der Waals surface area contributed by atoms with Gasteiger partial charge in [-0.1, -0.05) is 34.1 Å². The van der Waals surface area contributed by atoms with Gasteiger partial charge in [-0.25, -0.2) is 9.38 Å². The van der Waals surface area contributed by atoms with Gasteiger partial charge >= 0.3 is 0 Å². The minimum atomic E-state index is -0.811.